The summed E-state index contributed by atoms with van der Waals surface area (Å²) in [6, 6.07) is 5.58. The minimum absolute atomic E-state index is 0.0252. The Morgan fingerprint density at radius 1 is 1.33 bits per heavy atom. The predicted octanol–water partition coefficient (Wildman–Crippen LogP) is 1.74. The van der Waals surface area contributed by atoms with Crippen LogP contribution in [0.25, 0.3) is 11.4 Å². The second-order valence-electron chi connectivity index (χ2n) is 5.65. The van der Waals surface area contributed by atoms with E-state index in [0.29, 0.717) is 12.0 Å². The molecule has 1 atom stereocenters. The lowest BCUT2D eigenvalue weighted by atomic mass is 10.1. The van der Waals surface area contributed by atoms with Crippen LogP contribution in [0.2, 0.25) is 0 Å². The van der Waals surface area contributed by atoms with Gasteiger partial charge in [-0.05, 0) is 36.6 Å². The smallest absolute Gasteiger partial charge is 0.306 e. The Labute approximate surface area is 137 Å². The number of ether oxygens (including phenoxy) is 1. The van der Waals surface area contributed by atoms with E-state index >= 15 is 0 Å². The fourth-order valence-corrected chi connectivity index (χ4v) is 4.36. The van der Waals surface area contributed by atoms with E-state index in [1.165, 1.54) is 24.3 Å². The summed E-state index contributed by atoms with van der Waals surface area (Å²) in [6.45, 7) is -0.188. The number of carbonyl (C=O) groups excluding carboxylic acids is 1. The van der Waals surface area contributed by atoms with E-state index in [1.807, 2.05) is 0 Å². The highest BCUT2D eigenvalue weighted by atomic mass is 32.2. The van der Waals surface area contributed by atoms with Gasteiger partial charge in [0, 0.05) is 12.0 Å². The molecule has 3 rings (SSSR count). The highest BCUT2D eigenvalue weighted by Crippen LogP contribution is 2.22. The average Bonchev–Trinajstić information content (AvgIpc) is 3.12. The van der Waals surface area contributed by atoms with Gasteiger partial charge in [-0.1, -0.05) is 5.16 Å². The quantitative estimate of drug-likeness (QED) is 0.754. The molecule has 1 aromatic heterocycles. The van der Waals surface area contributed by atoms with Crippen LogP contribution in [-0.4, -0.2) is 36.0 Å². The van der Waals surface area contributed by atoms with Crippen molar-refractivity contribution < 1.29 is 26.9 Å². The van der Waals surface area contributed by atoms with Crippen LogP contribution < -0.4 is 0 Å². The summed E-state index contributed by atoms with van der Waals surface area (Å²) in [6.07, 6.45) is 0.533. The third-order valence-corrected chi connectivity index (χ3v) is 5.55. The zero-order valence-corrected chi connectivity index (χ0v) is 13.5. The van der Waals surface area contributed by atoms with Crippen LogP contribution in [0, 0.1) is 11.7 Å². The summed E-state index contributed by atoms with van der Waals surface area (Å²) in [5.41, 5.74) is 0.578. The van der Waals surface area contributed by atoms with Gasteiger partial charge in [0.15, 0.2) is 16.4 Å². The fourth-order valence-electron chi connectivity index (χ4n) is 2.50. The molecule has 0 amide bonds. The molecule has 9 heteroatoms. The lowest BCUT2D eigenvalue weighted by Gasteiger charge is -2.06. The van der Waals surface area contributed by atoms with E-state index < -0.39 is 15.8 Å². The summed E-state index contributed by atoms with van der Waals surface area (Å²) < 4.78 is 45.6. The van der Waals surface area contributed by atoms with Gasteiger partial charge in [-0.2, -0.15) is 4.98 Å². The van der Waals surface area contributed by atoms with Crippen LogP contribution in [0.1, 0.15) is 18.7 Å². The Morgan fingerprint density at radius 3 is 2.75 bits per heavy atom. The van der Waals surface area contributed by atoms with Gasteiger partial charge in [-0.25, -0.2) is 12.8 Å². The van der Waals surface area contributed by atoms with Gasteiger partial charge >= 0.3 is 5.97 Å². The van der Waals surface area contributed by atoms with Crippen LogP contribution in [0.15, 0.2) is 28.8 Å². The topological polar surface area (TPSA) is 99.4 Å². The van der Waals surface area contributed by atoms with Crippen LogP contribution >= 0.6 is 0 Å². The van der Waals surface area contributed by atoms with Crippen molar-refractivity contribution in [1.29, 1.82) is 0 Å². The van der Waals surface area contributed by atoms with Gasteiger partial charge in [0.05, 0.1) is 11.5 Å². The van der Waals surface area contributed by atoms with E-state index in [4.69, 9.17) is 9.26 Å². The lowest BCUT2D eigenvalue weighted by molar-refractivity contribution is -0.146. The molecule has 0 aliphatic carbocycles. The number of aromatic nitrogens is 2. The van der Waals surface area contributed by atoms with Crippen molar-refractivity contribution in [3.63, 3.8) is 0 Å². The molecule has 2 heterocycles. The molecule has 0 spiro atoms. The van der Waals surface area contributed by atoms with Crippen molar-refractivity contribution in [1.82, 2.24) is 10.1 Å². The number of sulfone groups is 1. The van der Waals surface area contributed by atoms with Crippen molar-refractivity contribution in [3.8, 4) is 11.4 Å². The average molecular weight is 354 g/mol. The maximum absolute atomic E-state index is 12.9. The number of benzene rings is 1. The van der Waals surface area contributed by atoms with Crippen LogP contribution in [-0.2, 0) is 26.0 Å². The van der Waals surface area contributed by atoms with Crippen LogP contribution in [0.3, 0.4) is 0 Å². The van der Waals surface area contributed by atoms with E-state index in [-0.39, 0.29) is 48.0 Å². The first-order chi connectivity index (χ1) is 11.4. The van der Waals surface area contributed by atoms with Gasteiger partial charge < -0.3 is 9.26 Å². The Balaban J connectivity index is 1.52. The van der Waals surface area contributed by atoms with Crippen molar-refractivity contribution in [2.75, 3.05) is 11.5 Å². The van der Waals surface area contributed by atoms with Crippen LogP contribution in [0.5, 0.6) is 0 Å². The molecular weight excluding hydrogens is 339 g/mol. The van der Waals surface area contributed by atoms with Crippen molar-refractivity contribution >= 4 is 15.8 Å². The molecule has 1 aliphatic heterocycles. The Morgan fingerprint density at radius 2 is 2.08 bits per heavy atom. The van der Waals surface area contributed by atoms with Gasteiger partial charge in [0.2, 0.25) is 5.82 Å². The number of hydrogen-bond donors (Lipinski definition) is 0. The normalized spacial score (nSPS) is 19.3. The van der Waals surface area contributed by atoms with Crippen molar-refractivity contribution in [2.45, 2.75) is 19.4 Å². The maximum atomic E-state index is 12.9. The minimum atomic E-state index is -3.01. The number of rotatable bonds is 5. The summed E-state index contributed by atoms with van der Waals surface area (Å²) in [5.74, 6) is -0.541. The summed E-state index contributed by atoms with van der Waals surface area (Å²) in [5, 5.41) is 3.74. The molecule has 0 N–H and O–H groups in total. The maximum Gasteiger partial charge on any atom is 0.306 e. The Bertz CT molecular complexity index is 832. The molecule has 1 saturated heterocycles. The Kier molecular flexibility index (Phi) is 4.61. The zero-order chi connectivity index (χ0) is 17.2. The molecule has 2 aromatic rings. The SMILES string of the molecule is O=C(C[C@@H]1CCS(=O)(=O)C1)OCc1nc(-c2ccc(F)cc2)no1. The van der Waals surface area contributed by atoms with Gasteiger partial charge in [0.1, 0.15) is 5.82 Å². The predicted molar refractivity (Wildman–Crippen MR) is 80.9 cm³/mol. The summed E-state index contributed by atoms with van der Waals surface area (Å²) in [7, 11) is -3.01. The van der Waals surface area contributed by atoms with Gasteiger partial charge in [0.25, 0.3) is 5.89 Å². The molecule has 1 aliphatic rings. The van der Waals surface area contributed by atoms with Gasteiger partial charge in [-0.15, -0.1) is 0 Å². The Hall–Kier alpha value is -2.29. The van der Waals surface area contributed by atoms with E-state index in [2.05, 4.69) is 10.1 Å². The largest absolute Gasteiger partial charge is 0.456 e. The minimum Gasteiger partial charge on any atom is -0.456 e. The second-order valence-corrected chi connectivity index (χ2v) is 7.88. The van der Waals surface area contributed by atoms with Gasteiger partial charge in [-0.3, -0.25) is 4.79 Å². The monoisotopic (exact) mass is 354 g/mol. The highest BCUT2D eigenvalue weighted by Gasteiger charge is 2.30. The molecule has 0 bridgehead atoms. The summed E-state index contributed by atoms with van der Waals surface area (Å²) >= 11 is 0. The van der Waals surface area contributed by atoms with E-state index in [0.717, 1.165) is 0 Å². The van der Waals surface area contributed by atoms with E-state index in [9.17, 15) is 17.6 Å². The molecule has 0 unspecified atom stereocenters. The van der Waals surface area contributed by atoms with E-state index in [1.54, 1.807) is 0 Å². The first-order valence-corrected chi connectivity index (χ1v) is 9.18. The summed E-state index contributed by atoms with van der Waals surface area (Å²) in [4.78, 5) is 15.8. The molecule has 1 aromatic carbocycles. The second kappa shape index (κ2) is 6.68. The highest BCUT2D eigenvalue weighted by molar-refractivity contribution is 7.91. The standard InChI is InChI=1S/C15H15FN2O5S/c16-12-3-1-11(2-4-12)15-17-13(23-18-15)8-22-14(19)7-10-5-6-24(20,21)9-10/h1-4,10H,5-9H2/t10-/m0/s1. The van der Waals surface area contributed by atoms with Crippen molar-refractivity contribution in [2.24, 2.45) is 5.92 Å². The zero-order valence-electron chi connectivity index (χ0n) is 12.6. The molecule has 7 nitrogen and oxygen atoms in total. The lowest BCUT2D eigenvalue weighted by Crippen LogP contribution is -2.13. The van der Waals surface area contributed by atoms with Crippen molar-refractivity contribution in [3.05, 3.63) is 36.0 Å². The molecule has 128 valence electrons. The number of hydrogen-bond acceptors (Lipinski definition) is 7. The van der Waals surface area contributed by atoms with Crippen LogP contribution in [0.4, 0.5) is 4.39 Å². The fraction of sp³-hybridized carbons (Fsp3) is 0.400. The first-order valence-electron chi connectivity index (χ1n) is 7.36. The third kappa shape index (κ3) is 4.16. The molecule has 24 heavy (non-hydrogen) atoms. The molecule has 0 saturated carbocycles. The third-order valence-electron chi connectivity index (χ3n) is 3.71. The number of esters is 1. The first kappa shape index (κ1) is 16.6. The molecular formula is C15H15FN2O5S. The number of carbonyl (C=O) groups is 1. The molecule has 0 radical (unpaired) electrons. The molecule has 1 fully saturated rings. The number of halogens is 1. The number of nitrogens with zero attached hydrogens (tertiary/aromatic N) is 2.